The Morgan fingerprint density at radius 1 is 0.386 bits per heavy atom. The van der Waals surface area contributed by atoms with Crippen LogP contribution in [-0.4, -0.2) is 0 Å². The van der Waals surface area contributed by atoms with E-state index in [2.05, 4.69) is 23.1 Å². The molecule has 44 heavy (non-hydrogen) atoms. The van der Waals surface area contributed by atoms with Crippen LogP contribution < -0.4 is 9.80 Å². The topological polar surface area (TPSA) is 54.1 Å². The van der Waals surface area contributed by atoms with E-state index in [0.717, 1.165) is 45.3 Å². The Balaban J connectivity index is 1.37. The van der Waals surface area contributed by atoms with Crippen LogP contribution >= 0.6 is 0 Å². The molecular formula is C38H24F2N4. The highest BCUT2D eigenvalue weighted by Crippen LogP contribution is 2.38. The van der Waals surface area contributed by atoms with Gasteiger partial charge in [-0.3, -0.25) is 0 Å². The van der Waals surface area contributed by atoms with Crippen molar-refractivity contribution >= 4 is 34.1 Å². The molecule has 0 radical (unpaired) electrons. The third kappa shape index (κ3) is 5.87. The minimum Gasteiger partial charge on any atom is -0.310 e. The number of hydrogen-bond acceptors (Lipinski definition) is 4. The summed E-state index contributed by atoms with van der Waals surface area (Å²) >= 11 is 0. The molecule has 6 rings (SSSR count). The summed E-state index contributed by atoms with van der Waals surface area (Å²) in [6.07, 6.45) is 0. The van der Waals surface area contributed by atoms with Crippen molar-refractivity contribution in [2.45, 2.75) is 0 Å². The van der Waals surface area contributed by atoms with Crippen molar-refractivity contribution in [1.82, 2.24) is 0 Å². The van der Waals surface area contributed by atoms with E-state index in [9.17, 15) is 19.3 Å². The van der Waals surface area contributed by atoms with Gasteiger partial charge < -0.3 is 9.80 Å². The number of benzene rings is 6. The summed E-state index contributed by atoms with van der Waals surface area (Å²) in [4.78, 5) is 4.02. The predicted molar refractivity (Wildman–Crippen MR) is 171 cm³/mol. The minimum absolute atomic E-state index is 0.334. The molecule has 6 aromatic carbocycles. The highest BCUT2D eigenvalue weighted by Gasteiger charge is 2.16. The van der Waals surface area contributed by atoms with E-state index < -0.39 is 0 Å². The van der Waals surface area contributed by atoms with Crippen LogP contribution in [0.25, 0.3) is 11.1 Å². The molecule has 0 N–H and O–H groups in total. The standard InChI is InChI=1S/C38H24F2N4/c39-31-10-20-36(21-11-31)43(37-22-12-32(40)13-23-37)35-18-8-29(9-19-35)30-2-1-3-38(24-30)44(33-14-4-27(25-41)5-15-33)34-16-6-28(26-42)7-17-34/h1-24H. The number of rotatable bonds is 7. The second-order valence-electron chi connectivity index (χ2n) is 10.0. The van der Waals surface area contributed by atoms with Gasteiger partial charge in [-0.1, -0.05) is 24.3 Å². The molecule has 0 unspecified atom stereocenters. The fraction of sp³-hybridized carbons (Fsp3) is 0. The summed E-state index contributed by atoms with van der Waals surface area (Å²) < 4.78 is 27.5. The maximum Gasteiger partial charge on any atom is 0.123 e. The number of halogens is 2. The Morgan fingerprint density at radius 2 is 0.750 bits per heavy atom. The molecule has 4 nitrogen and oxygen atoms in total. The third-order valence-corrected chi connectivity index (χ3v) is 7.24. The quantitative estimate of drug-likeness (QED) is 0.190. The van der Waals surface area contributed by atoms with E-state index in [1.807, 2.05) is 71.6 Å². The summed E-state index contributed by atoms with van der Waals surface area (Å²) in [7, 11) is 0. The van der Waals surface area contributed by atoms with Gasteiger partial charge in [0, 0.05) is 34.1 Å². The number of anilines is 6. The zero-order chi connectivity index (χ0) is 30.5. The lowest BCUT2D eigenvalue weighted by Gasteiger charge is -2.26. The Labute approximate surface area is 254 Å². The van der Waals surface area contributed by atoms with E-state index in [1.165, 1.54) is 24.3 Å². The Hall–Kier alpha value is -6.24. The minimum atomic E-state index is -0.334. The molecule has 0 aromatic heterocycles. The largest absolute Gasteiger partial charge is 0.310 e. The van der Waals surface area contributed by atoms with Crippen LogP contribution in [0.5, 0.6) is 0 Å². The molecule has 0 spiro atoms. The first-order chi connectivity index (χ1) is 21.5. The van der Waals surface area contributed by atoms with Crippen molar-refractivity contribution < 1.29 is 8.78 Å². The van der Waals surface area contributed by atoms with Crippen LogP contribution in [0.15, 0.2) is 146 Å². The Morgan fingerprint density at radius 3 is 1.16 bits per heavy atom. The summed E-state index contributed by atoms with van der Waals surface area (Å²) in [6.45, 7) is 0. The first kappa shape index (κ1) is 27.9. The molecule has 0 aliphatic carbocycles. The van der Waals surface area contributed by atoms with Gasteiger partial charge in [0.05, 0.1) is 23.3 Å². The van der Waals surface area contributed by atoms with Crippen LogP contribution in [0.3, 0.4) is 0 Å². The molecule has 210 valence electrons. The van der Waals surface area contributed by atoms with E-state index in [4.69, 9.17) is 0 Å². The van der Waals surface area contributed by atoms with Gasteiger partial charge in [0.2, 0.25) is 0 Å². The molecule has 0 bridgehead atoms. The van der Waals surface area contributed by atoms with Crippen molar-refractivity contribution in [2.24, 2.45) is 0 Å². The van der Waals surface area contributed by atoms with Crippen LogP contribution in [-0.2, 0) is 0 Å². The van der Waals surface area contributed by atoms with Gasteiger partial charge in [0.25, 0.3) is 0 Å². The van der Waals surface area contributed by atoms with Crippen LogP contribution in [0.4, 0.5) is 42.9 Å². The van der Waals surface area contributed by atoms with Crippen molar-refractivity contribution in [2.75, 3.05) is 9.80 Å². The van der Waals surface area contributed by atoms with E-state index >= 15 is 0 Å². The lowest BCUT2D eigenvalue weighted by molar-refractivity contribution is 0.628. The first-order valence-electron chi connectivity index (χ1n) is 13.8. The van der Waals surface area contributed by atoms with Crippen molar-refractivity contribution in [3.63, 3.8) is 0 Å². The van der Waals surface area contributed by atoms with Gasteiger partial charge in [-0.25, -0.2) is 8.78 Å². The van der Waals surface area contributed by atoms with Gasteiger partial charge in [-0.2, -0.15) is 10.5 Å². The van der Waals surface area contributed by atoms with Crippen molar-refractivity contribution in [3.8, 4) is 23.3 Å². The van der Waals surface area contributed by atoms with Crippen molar-refractivity contribution in [3.05, 3.63) is 168 Å². The van der Waals surface area contributed by atoms with Crippen LogP contribution in [0.2, 0.25) is 0 Å². The molecule has 0 aliphatic heterocycles. The third-order valence-electron chi connectivity index (χ3n) is 7.24. The molecule has 0 atom stereocenters. The lowest BCUT2D eigenvalue weighted by Crippen LogP contribution is -2.10. The number of nitrogens with zero attached hydrogens (tertiary/aromatic N) is 4. The highest BCUT2D eigenvalue weighted by molar-refractivity contribution is 5.82. The monoisotopic (exact) mass is 574 g/mol. The van der Waals surface area contributed by atoms with Gasteiger partial charge in [-0.05, 0) is 132 Å². The molecule has 6 heteroatoms. The fourth-order valence-electron chi connectivity index (χ4n) is 5.07. The highest BCUT2D eigenvalue weighted by atomic mass is 19.1. The zero-order valence-electron chi connectivity index (χ0n) is 23.4. The molecule has 0 saturated heterocycles. The summed E-state index contributed by atoms with van der Waals surface area (Å²) in [6, 6.07) is 47.5. The van der Waals surface area contributed by atoms with Crippen LogP contribution in [0.1, 0.15) is 11.1 Å². The Kier molecular flexibility index (Phi) is 7.82. The van der Waals surface area contributed by atoms with Gasteiger partial charge in [-0.15, -0.1) is 0 Å². The molecular weight excluding hydrogens is 550 g/mol. The fourth-order valence-corrected chi connectivity index (χ4v) is 5.07. The summed E-state index contributed by atoms with van der Waals surface area (Å²) in [5.41, 5.74) is 8.06. The van der Waals surface area contributed by atoms with E-state index in [0.29, 0.717) is 11.1 Å². The number of hydrogen-bond donors (Lipinski definition) is 0. The lowest BCUT2D eigenvalue weighted by atomic mass is 10.0. The smallest absolute Gasteiger partial charge is 0.123 e. The average Bonchev–Trinajstić information content (AvgIpc) is 3.08. The number of nitriles is 2. The normalized spacial score (nSPS) is 10.5. The zero-order valence-corrected chi connectivity index (χ0v) is 23.4. The summed E-state index contributed by atoms with van der Waals surface area (Å²) in [5, 5.41) is 18.6. The molecule has 6 aromatic rings. The second-order valence-corrected chi connectivity index (χ2v) is 10.0. The van der Waals surface area contributed by atoms with Gasteiger partial charge >= 0.3 is 0 Å². The SMILES string of the molecule is N#Cc1ccc(N(c2ccc(C#N)cc2)c2cccc(-c3ccc(N(c4ccc(F)cc4)c4ccc(F)cc4)cc3)c2)cc1. The van der Waals surface area contributed by atoms with Gasteiger partial charge in [0.15, 0.2) is 0 Å². The molecule has 0 fully saturated rings. The van der Waals surface area contributed by atoms with Crippen LogP contribution in [0, 0.1) is 34.3 Å². The van der Waals surface area contributed by atoms with Gasteiger partial charge in [0.1, 0.15) is 11.6 Å². The molecule has 0 saturated carbocycles. The summed E-state index contributed by atoms with van der Waals surface area (Å²) in [5.74, 6) is -0.668. The second kappa shape index (κ2) is 12.3. The molecule has 0 aliphatic rings. The molecule has 0 amide bonds. The maximum atomic E-state index is 13.7. The van der Waals surface area contributed by atoms with E-state index in [-0.39, 0.29) is 11.6 Å². The maximum absolute atomic E-state index is 13.7. The predicted octanol–water partition coefficient (Wildman–Crippen LogP) is 10.3. The van der Waals surface area contributed by atoms with E-state index in [1.54, 1.807) is 48.5 Å². The van der Waals surface area contributed by atoms with Crippen molar-refractivity contribution in [1.29, 1.82) is 10.5 Å². The first-order valence-corrected chi connectivity index (χ1v) is 13.8. The molecule has 0 heterocycles. The Bertz CT molecular complexity index is 1870. The average molecular weight is 575 g/mol.